The highest BCUT2D eigenvalue weighted by Crippen LogP contribution is 2.12. The van der Waals surface area contributed by atoms with Crippen LogP contribution in [-0.2, 0) is 22.6 Å². The maximum Gasteiger partial charge on any atom is 0.107 e. The Bertz CT molecular complexity index is 359. The molecule has 19 heavy (non-hydrogen) atoms. The number of hydrogen-bond acceptors (Lipinski definition) is 5. The van der Waals surface area contributed by atoms with Gasteiger partial charge < -0.3 is 14.8 Å². The van der Waals surface area contributed by atoms with E-state index in [9.17, 15) is 0 Å². The van der Waals surface area contributed by atoms with Gasteiger partial charge in [-0.25, -0.2) is 4.98 Å². The lowest BCUT2D eigenvalue weighted by Gasteiger charge is -2.19. The topological polar surface area (TPSA) is 43.4 Å². The minimum absolute atomic E-state index is 0.122. The van der Waals surface area contributed by atoms with Gasteiger partial charge in [-0.1, -0.05) is 0 Å². The number of nitrogens with one attached hydrogen (secondary N) is 1. The van der Waals surface area contributed by atoms with Gasteiger partial charge >= 0.3 is 0 Å². The van der Waals surface area contributed by atoms with E-state index < -0.39 is 0 Å². The molecule has 0 fully saturated rings. The fraction of sp³-hybridized carbons (Fsp3) is 0.786. The first-order valence-electron chi connectivity index (χ1n) is 6.74. The van der Waals surface area contributed by atoms with Crippen LogP contribution in [0, 0.1) is 0 Å². The van der Waals surface area contributed by atoms with Crippen LogP contribution in [0.2, 0.25) is 0 Å². The Morgan fingerprint density at radius 1 is 1.32 bits per heavy atom. The molecule has 4 nitrogen and oxygen atoms in total. The number of aromatic nitrogens is 1. The molecule has 5 heteroatoms. The molecule has 0 amide bonds. The zero-order valence-electron chi connectivity index (χ0n) is 12.7. The minimum Gasteiger partial charge on any atom is -0.376 e. The Hall–Kier alpha value is -0.490. The second-order valence-electron chi connectivity index (χ2n) is 5.81. The molecule has 0 aliphatic heterocycles. The fourth-order valence-electron chi connectivity index (χ4n) is 1.36. The molecule has 0 atom stereocenters. The van der Waals surface area contributed by atoms with Crippen molar-refractivity contribution in [3.05, 3.63) is 16.1 Å². The normalized spacial score (nSPS) is 12.3. The molecule has 1 aromatic heterocycles. The molecule has 1 N–H and O–H groups in total. The summed E-state index contributed by atoms with van der Waals surface area (Å²) in [5.74, 6) is 0. The predicted octanol–water partition coefficient (Wildman–Crippen LogP) is 2.97. The van der Waals surface area contributed by atoms with Gasteiger partial charge in [-0.3, -0.25) is 0 Å². The third kappa shape index (κ3) is 8.31. The van der Waals surface area contributed by atoms with Crippen LogP contribution < -0.4 is 5.32 Å². The van der Waals surface area contributed by atoms with E-state index in [1.165, 1.54) is 0 Å². The van der Waals surface area contributed by atoms with Crippen molar-refractivity contribution < 1.29 is 9.47 Å². The Morgan fingerprint density at radius 3 is 2.68 bits per heavy atom. The smallest absolute Gasteiger partial charge is 0.107 e. The van der Waals surface area contributed by atoms with Gasteiger partial charge in [0.2, 0.25) is 0 Å². The molecular formula is C14H26N2O2S. The summed E-state index contributed by atoms with van der Waals surface area (Å²) in [5.41, 5.74) is 1.12. The lowest BCUT2D eigenvalue weighted by atomic mass is 10.1. The first-order valence-corrected chi connectivity index (χ1v) is 7.62. The zero-order valence-corrected chi connectivity index (χ0v) is 13.5. The molecule has 110 valence electrons. The molecule has 0 aliphatic carbocycles. The zero-order chi connectivity index (χ0) is 14.3. The van der Waals surface area contributed by atoms with Crippen molar-refractivity contribution in [1.82, 2.24) is 10.3 Å². The largest absolute Gasteiger partial charge is 0.376 e. The van der Waals surface area contributed by atoms with Crippen molar-refractivity contribution in [2.24, 2.45) is 0 Å². The van der Waals surface area contributed by atoms with Gasteiger partial charge in [0.1, 0.15) is 5.01 Å². The third-order valence-corrected chi connectivity index (χ3v) is 3.20. The van der Waals surface area contributed by atoms with Crippen LogP contribution in [0.4, 0.5) is 0 Å². The summed E-state index contributed by atoms with van der Waals surface area (Å²) >= 11 is 1.67. The lowest BCUT2D eigenvalue weighted by Crippen LogP contribution is -2.35. The highest BCUT2D eigenvalue weighted by atomic mass is 32.1. The van der Waals surface area contributed by atoms with Gasteiger partial charge in [-0.2, -0.15) is 0 Å². The van der Waals surface area contributed by atoms with E-state index in [1.807, 2.05) is 13.8 Å². The van der Waals surface area contributed by atoms with Crippen molar-refractivity contribution in [3.63, 3.8) is 0 Å². The average molecular weight is 286 g/mol. The van der Waals surface area contributed by atoms with E-state index in [4.69, 9.17) is 9.47 Å². The number of hydrogen-bond donors (Lipinski definition) is 1. The van der Waals surface area contributed by atoms with Crippen molar-refractivity contribution in [3.8, 4) is 0 Å². The van der Waals surface area contributed by atoms with Gasteiger partial charge in [-0.15, -0.1) is 11.3 Å². The van der Waals surface area contributed by atoms with Crippen molar-refractivity contribution in [2.75, 3.05) is 13.2 Å². The Kier molecular flexibility index (Phi) is 6.93. The SMILES string of the molecule is CC(C)OCCOCc1csc(CNC(C)(C)C)n1. The van der Waals surface area contributed by atoms with Gasteiger partial charge in [0, 0.05) is 17.5 Å². The van der Waals surface area contributed by atoms with Crippen LogP contribution in [0.15, 0.2) is 5.38 Å². The number of nitrogens with zero attached hydrogens (tertiary/aromatic N) is 1. The highest BCUT2D eigenvalue weighted by Gasteiger charge is 2.10. The second kappa shape index (κ2) is 7.94. The molecule has 0 aromatic carbocycles. The van der Waals surface area contributed by atoms with E-state index in [-0.39, 0.29) is 11.6 Å². The molecular weight excluding hydrogens is 260 g/mol. The van der Waals surface area contributed by atoms with Crippen LogP contribution in [0.1, 0.15) is 45.3 Å². The van der Waals surface area contributed by atoms with Gasteiger partial charge in [0.05, 0.1) is 31.6 Å². The summed E-state index contributed by atoms with van der Waals surface area (Å²) < 4.78 is 10.9. The summed E-state index contributed by atoms with van der Waals surface area (Å²) in [6.45, 7) is 13.1. The summed E-state index contributed by atoms with van der Waals surface area (Å²) in [7, 11) is 0. The molecule has 1 heterocycles. The molecule has 0 bridgehead atoms. The first kappa shape index (κ1) is 16.6. The first-order chi connectivity index (χ1) is 8.87. The standard InChI is InChI=1S/C14H26N2O2S/c1-11(2)18-7-6-17-9-12-10-19-13(16-12)8-15-14(3,4)5/h10-11,15H,6-9H2,1-5H3. The molecule has 1 aromatic rings. The number of rotatable bonds is 8. The average Bonchev–Trinajstić information content (AvgIpc) is 2.72. The van der Waals surface area contributed by atoms with Gasteiger partial charge in [0.15, 0.2) is 0 Å². The third-order valence-electron chi connectivity index (χ3n) is 2.30. The Labute approximate surface area is 120 Å². The maximum atomic E-state index is 5.53. The molecule has 0 saturated heterocycles. The monoisotopic (exact) mass is 286 g/mol. The number of thiazole rings is 1. The van der Waals surface area contributed by atoms with Gasteiger partial charge in [-0.05, 0) is 34.6 Å². The molecule has 0 spiro atoms. The quantitative estimate of drug-likeness (QED) is 0.746. The highest BCUT2D eigenvalue weighted by molar-refractivity contribution is 7.09. The van der Waals surface area contributed by atoms with Crippen molar-refractivity contribution in [2.45, 2.75) is 59.4 Å². The molecule has 0 aliphatic rings. The van der Waals surface area contributed by atoms with Crippen LogP contribution >= 0.6 is 11.3 Å². The van der Waals surface area contributed by atoms with E-state index in [2.05, 4.69) is 36.5 Å². The summed E-state index contributed by atoms with van der Waals surface area (Å²) in [6.07, 6.45) is 0.262. The Morgan fingerprint density at radius 2 is 2.05 bits per heavy atom. The molecule has 0 unspecified atom stereocenters. The second-order valence-corrected chi connectivity index (χ2v) is 6.75. The van der Waals surface area contributed by atoms with Crippen LogP contribution in [0.25, 0.3) is 0 Å². The molecule has 0 radical (unpaired) electrons. The van der Waals surface area contributed by atoms with Crippen molar-refractivity contribution in [1.29, 1.82) is 0 Å². The van der Waals surface area contributed by atoms with Crippen LogP contribution in [0.5, 0.6) is 0 Å². The Balaban J connectivity index is 2.20. The fourth-order valence-corrected chi connectivity index (χ4v) is 2.07. The summed E-state index contributed by atoms with van der Waals surface area (Å²) in [4.78, 5) is 4.54. The van der Waals surface area contributed by atoms with E-state index in [1.54, 1.807) is 11.3 Å². The van der Waals surface area contributed by atoms with Crippen molar-refractivity contribution >= 4 is 11.3 Å². The van der Waals surface area contributed by atoms with E-state index >= 15 is 0 Å². The predicted molar refractivity (Wildman–Crippen MR) is 79.5 cm³/mol. The minimum atomic E-state index is 0.122. The molecule has 0 saturated carbocycles. The van der Waals surface area contributed by atoms with Crippen LogP contribution in [0.3, 0.4) is 0 Å². The lowest BCUT2D eigenvalue weighted by molar-refractivity contribution is 0.0136. The van der Waals surface area contributed by atoms with E-state index in [0.29, 0.717) is 19.8 Å². The van der Waals surface area contributed by atoms with E-state index in [0.717, 1.165) is 17.2 Å². The van der Waals surface area contributed by atoms with Crippen LogP contribution in [-0.4, -0.2) is 29.8 Å². The number of ether oxygens (including phenoxy) is 2. The summed E-state index contributed by atoms with van der Waals surface area (Å²) in [6, 6.07) is 0. The summed E-state index contributed by atoms with van der Waals surface area (Å²) in [5, 5.41) is 6.59. The molecule has 1 rings (SSSR count). The maximum absolute atomic E-state index is 5.53. The van der Waals surface area contributed by atoms with Gasteiger partial charge in [0.25, 0.3) is 0 Å².